The van der Waals surface area contributed by atoms with Crippen LogP contribution in [-0.2, 0) is 58.8 Å². The summed E-state index contributed by atoms with van der Waals surface area (Å²) in [6.07, 6.45) is 4.70. The molecule has 2 heterocycles. The summed E-state index contributed by atoms with van der Waals surface area (Å²) in [4.78, 5) is 82.0. The Morgan fingerprint density at radius 3 is 2.25 bits per heavy atom. The van der Waals surface area contributed by atoms with Crippen molar-refractivity contribution >= 4 is 41.8 Å². The van der Waals surface area contributed by atoms with Crippen molar-refractivity contribution in [3.8, 4) is 0 Å². The third kappa shape index (κ3) is 10.9. The molecule has 2 saturated heterocycles. The smallest absolute Gasteiger partial charge is 0.348 e. The van der Waals surface area contributed by atoms with E-state index in [0.717, 1.165) is 37.3 Å². The molecule has 0 bridgehead atoms. The highest BCUT2D eigenvalue weighted by Gasteiger charge is 2.64. The topological polar surface area (TPSA) is 193 Å². The number of carbonyl (C=O) groups is 6. The van der Waals surface area contributed by atoms with E-state index in [1.54, 1.807) is 65.0 Å². The normalized spacial score (nSPS) is 24.4. The lowest BCUT2D eigenvalue weighted by atomic mass is 9.90. The van der Waals surface area contributed by atoms with Gasteiger partial charge in [-0.25, -0.2) is 14.4 Å². The minimum Gasteiger partial charge on any atom is -0.462 e. The number of aliphatic hydroxyl groups excluding tert-OH is 1. The molecule has 0 spiro atoms. The Kier molecular flexibility index (Phi) is 13.8. The SMILES string of the molecule is CN(C(=O)C1=CC2OC(C3CC3)(C3CC3)OC2C(OC(=O)c2ccccc2C=CC(=O)OC2C(=O)OCC2(C)C)C1)C(Cc1ccccc1)C(=O)NC(CO)CCC(=O)OC(C)(C)C. The molecule has 0 aromatic heterocycles. The van der Waals surface area contributed by atoms with Crippen LogP contribution in [0.4, 0.5) is 0 Å². The number of amides is 2. The van der Waals surface area contributed by atoms with Crippen molar-refractivity contribution in [2.24, 2.45) is 17.3 Å². The van der Waals surface area contributed by atoms with E-state index in [1.165, 1.54) is 18.0 Å². The van der Waals surface area contributed by atoms with Crippen molar-refractivity contribution in [3.63, 3.8) is 0 Å². The zero-order valence-corrected chi connectivity index (χ0v) is 37.4. The molecule has 2 saturated carbocycles. The fraction of sp³-hybridized carbons (Fsp3) is 0.551. The van der Waals surface area contributed by atoms with E-state index in [4.69, 9.17) is 28.4 Å². The van der Waals surface area contributed by atoms with Crippen molar-refractivity contribution in [1.82, 2.24) is 10.2 Å². The average molecular weight is 885 g/mol. The number of rotatable bonds is 17. The number of ether oxygens (including phenoxy) is 6. The molecule has 2 aromatic rings. The molecule has 15 heteroatoms. The maximum absolute atomic E-state index is 14.7. The Morgan fingerprint density at radius 1 is 0.953 bits per heavy atom. The third-order valence-electron chi connectivity index (χ3n) is 12.3. The van der Waals surface area contributed by atoms with Gasteiger partial charge in [0.1, 0.15) is 36.6 Å². The molecule has 4 fully saturated rings. The Labute approximate surface area is 373 Å². The number of fused-ring (bicyclic) bond motifs is 1. The molecular formula is C49H60N2O13. The van der Waals surface area contributed by atoms with Gasteiger partial charge in [0, 0.05) is 55.2 Å². The monoisotopic (exact) mass is 884 g/mol. The highest BCUT2D eigenvalue weighted by Crippen LogP contribution is 2.59. The van der Waals surface area contributed by atoms with Gasteiger partial charge in [-0.2, -0.15) is 0 Å². The number of cyclic esters (lactones) is 1. The number of nitrogens with one attached hydrogen (secondary N) is 1. The fourth-order valence-electron chi connectivity index (χ4n) is 8.64. The Hall–Kier alpha value is -5.38. The maximum atomic E-state index is 14.7. The number of hydrogen-bond acceptors (Lipinski definition) is 13. The molecule has 2 aliphatic heterocycles. The first kappa shape index (κ1) is 46.6. The number of benzene rings is 2. The Morgan fingerprint density at radius 2 is 1.62 bits per heavy atom. The number of aliphatic hydroxyl groups is 1. The molecule has 344 valence electrons. The largest absolute Gasteiger partial charge is 0.462 e. The number of esters is 4. The second-order valence-corrected chi connectivity index (χ2v) is 19.2. The first-order chi connectivity index (χ1) is 30.4. The molecule has 64 heavy (non-hydrogen) atoms. The molecule has 2 aromatic carbocycles. The summed E-state index contributed by atoms with van der Waals surface area (Å²) in [5, 5.41) is 13.1. The van der Waals surface area contributed by atoms with Crippen molar-refractivity contribution < 1.29 is 62.3 Å². The second-order valence-electron chi connectivity index (χ2n) is 19.2. The quantitative estimate of drug-likeness (QED) is 0.122. The average Bonchev–Trinajstić information content (AvgIpc) is 4.21. The van der Waals surface area contributed by atoms with Crippen LogP contribution in [0, 0.1) is 17.3 Å². The number of hydrogen-bond donors (Lipinski definition) is 2. The first-order valence-corrected chi connectivity index (χ1v) is 22.2. The maximum Gasteiger partial charge on any atom is 0.348 e. The molecule has 2 N–H and O–H groups in total. The summed E-state index contributed by atoms with van der Waals surface area (Å²) >= 11 is 0. The predicted molar refractivity (Wildman–Crippen MR) is 231 cm³/mol. The number of nitrogens with zero attached hydrogens (tertiary/aromatic N) is 1. The van der Waals surface area contributed by atoms with Crippen LogP contribution in [0.2, 0.25) is 0 Å². The fourth-order valence-corrected chi connectivity index (χ4v) is 8.64. The van der Waals surface area contributed by atoms with Crippen LogP contribution in [0.25, 0.3) is 6.08 Å². The lowest BCUT2D eigenvalue weighted by Gasteiger charge is -2.34. The van der Waals surface area contributed by atoms with Gasteiger partial charge in [0.2, 0.25) is 17.9 Å². The summed E-state index contributed by atoms with van der Waals surface area (Å²) < 4.78 is 35.8. The van der Waals surface area contributed by atoms with E-state index in [9.17, 15) is 33.9 Å². The number of carbonyl (C=O) groups excluding carboxylic acids is 6. The lowest BCUT2D eigenvalue weighted by molar-refractivity contribution is -0.209. The van der Waals surface area contributed by atoms with Crippen molar-refractivity contribution in [2.75, 3.05) is 20.3 Å². The zero-order chi connectivity index (χ0) is 46.0. The molecule has 7 rings (SSSR count). The molecule has 6 unspecified atom stereocenters. The van der Waals surface area contributed by atoms with Gasteiger partial charge in [-0.3, -0.25) is 14.4 Å². The Balaban J connectivity index is 1.11. The lowest BCUT2D eigenvalue weighted by Crippen LogP contribution is -2.53. The minimum absolute atomic E-state index is 0.0358. The van der Waals surface area contributed by atoms with Gasteiger partial charge in [-0.15, -0.1) is 0 Å². The molecule has 6 atom stereocenters. The van der Waals surface area contributed by atoms with Crippen LogP contribution in [0.15, 0.2) is 72.3 Å². The van der Waals surface area contributed by atoms with Gasteiger partial charge in [-0.05, 0) is 82.2 Å². The van der Waals surface area contributed by atoms with Gasteiger partial charge in [0.25, 0.3) is 0 Å². The summed E-state index contributed by atoms with van der Waals surface area (Å²) in [7, 11) is 1.53. The first-order valence-electron chi connectivity index (χ1n) is 22.2. The highest BCUT2D eigenvalue weighted by atomic mass is 16.8. The van der Waals surface area contributed by atoms with Crippen LogP contribution in [0.3, 0.4) is 0 Å². The van der Waals surface area contributed by atoms with Gasteiger partial charge >= 0.3 is 23.9 Å². The van der Waals surface area contributed by atoms with E-state index in [2.05, 4.69) is 5.32 Å². The molecule has 5 aliphatic rings. The van der Waals surface area contributed by atoms with Crippen molar-refractivity contribution in [2.45, 2.75) is 134 Å². The van der Waals surface area contributed by atoms with Gasteiger partial charge in [-0.1, -0.05) is 62.4 Å². The van der Waals surface area contributed by atoms with Crippen LogP contribution < -0.4 is 5.32 Å². The van der Waals surface area contributed by atoms with E-state index in [1.807, 2.05) is 30.3 Å². The molecule has 3 aliphatic carbocycles. The zero-order valence-electron chi connectivity index (χ0n) is 37.4. The Bertz CT molecular complexity index is 2140. The molecule has 2 amide bonds. The highest BCUT2D eigenvalue weighted by molar-refractivity contribution is 5.98. The van der Waals surface area contributed by atoms with Gasteiger partial charge in [0.05, 0.1) is 18.2 Å². The minimum atomic E-state index is -1.07. The van der Waals surface area contributed by atoms with Crippen LogP contribution in [-0.4, -0.2) is 114 Å². The molecular weight excluding hydrogens is 825 g/mol. The van der Waals surface area contributed by atoms with E-state index in [-0.39, 0.29) is 55.3 Å². The van der Waals surface area contributed by atoms with Crippen LogP contribution in [0.5, 0.6) is 0 Å². The van der Waals surface area contributed by atoms with E-state index in [0.29, 0.717) is 5.56 Å². The third-order valence-corrected chi connectivity index (χ3v) is 12.3. The predicted octanol–water partition coefficient (Wildman–Crippen LogP) is 5.02. The standard InChI is InChI=1S/C49H60N2O13/c1-47(2,3)63-40(54)23-21-34(27-52)50-43(55)36(24-29-12-8-7-9-13-29)51(6)44(56)31-25-37(41-38(26-31)62-49(64-41,32-17-18-32)33-19-20-33)60-45(57)35-15-11-10-14-30(35)16-22-39(53)61-42-46(58)59-28-48(42,4)5/h7-16,22,26,32-34,36-38,41-42,52H,17-21,23-25,27-28H2,1-6H3,(H,50,55). The van der Waals surface area contributed by atoms with Gasteiger partial charge < -0.3 is 43.7 Å². The van der Waals surface area contributed by atoms with Crippen molar-refractivity contribution in [1.29, 1.82) is 0 Å². The molecule has 0 radical (unpaired) electrons. The van der Waals surface area contributed by atoms with Crippen LogP contribution in [0.1, 0.15) is 101 Å². The summed E-state index contributed by atoms with van der Waals surface area (Å²) in [5.41, 5.74) is 0.165. The van der Waals surface area contributed by atoms with Gasteiger partial charge in [0.15, 0.2) is 5.79 Å². The van der Waals surface area contributed by atoms with Crippen LogP contribution >= 0.6 is 0 Å². The second kappa shape index (κ2) is 19.0. The summed E-state index contributed by atoms with van der Waals surface area (Å²) in [6.45, 7) is 8.48. The summed E-state index contributed by atoms with van der Waals surface area (Å²) in [6, 6.07) is 14.0. The van der Waals surface area contributed by atoms with Crippen molar-refractivity contribution in [3.05, 3.63) is 89.0 Å². The van der Waals surface area contributed by atoms with E-state index < -0.39 is 95.6 Å². The van der Waals surface area contributed by atoms with E-state index >= 15 is 0 Å². The summed E-state index contributed by atoms with van der Waals surface area (Å²) in [5.74, 6) is -4.12. The molecule has 15 nitrogen and oxygen atoms in total. The number of likely N-dealkylation sites (N-methyl/N-ethyl adjacent to an activating group) is 1.